The first-order chi connectivity index (χ1) is 22.0. The Hall–Kier alpha value is -4.14. The number of halogens is 1. The second-order valence-electron chi connectivity index (χ2n) is 11.6. The zero-order chi connectivity index (χ0) is 33.3. The molecule has 0 aliphatic carbocycles. The summed E-state index contributed by atoms with van der Waals surface area (Å²) >= 11 is 6.32. The summed E-state index contributed by atoms with van der Waals surface area (Å²) in [5.74, 6) is -0.813. The zero-order valence-corrected chi connectivity index (χ0v) is 28.4. The molecular formula is C37H42ClN3O4S. The second-order valence-corrected chi connectivity index (χ2v) is 13.9. The van der Waals surface area contributed by atoms with E-state index in [1.807, 2.05) is 70.2 Å². The van der Waals surface area contributed by atoms with E-state index in [9.17, 15) is 18.0 Å². The van der Waals surface area contributed by atoms with Gasteiger partial charge in [-0.1, -0.05) is 91.2 Å². The highest BCUT2D eigenvalue weighted by molar-refractivity contribution is 7.92. The van der Waals surface area contributed by atoms with E-state index >= 15 is 0 Å². The third kappa shape index (κ3) is 8.98. The summed E-state index contributed by atoms with van der Waals surface area (Å²) in [6.07, 6.45) is 1.94. The average Bonchev–Trinajstić information content (AvgIpc) is 3.03. The van der Waals surface area contributed by atoms with Crippen molar-refractivity contribution in [3.63, 3.8) is 0 Å². The van der Waals surface area contributed by atoms with E-state index < -0.39 is 28.5 Å². The minimum Gasteiger partial charge on any atom is -0.354 e. The van der Waals surface area contributed by atoms with Crippen molar-refractivity contribution in [2.45, 2.75) is 64.4 Å². The number of sulfonamides is 1. The Kier molecular flexibility index (Phi) is 12.0. The molecule has 0 aliphatic heterocycles. The van der Waals surface area contributed by atoms with E-state index in [1.165, 1.54) is 4.90 Å². The van der Waals surface area contributed by atoms with Gasteiger partial charge in [-0.05, 0) is 85.8 Å². The van der Waals surface area contributed by atoms with Gasteiger partial charge in [-0.2, -0.15) is 0 Å². The first-order valence-corrected chi connectivity index (χ1v) is 17.3. The van der Waals surface area contributed by atoms with Crippen molar-refractivity contribution in [1.29, 1.82) is 0 Å². The monoisotopic (exact) mass is 659 g/mol. The predicted molar refractivity (Wildman–Crippen MR) is 185 cm³/mol. The van der Waals surface area contributed by atoms with Crippen LogP contribution in [0, 0.1) is 20.8 Å². The number of aryl methyl sites for hydroxylation is 3. The van der Waals surface area contributed by atoms with Gasteiger partial charge in [0.1, 0.15) is 12.6 Å². The largest absolute Gasteiger partial charge is 0.354 e. The number of amides is 2. The van der Waals surface area contributed by atoms with Crippen LogP contribution >= 0.6 is 11.6 Å². The topological polar surface area (TPSA) is 86.8 Å². The number of nitrogens with one attached hydrogen (secondary N) is 1. The second kappa shape index (κ2) is 15.9. The third-order valence-electron chi connectivity index (χ3n) is 8.01. The van der Waals surface area contributed by atoms with Crippen LogP contribution in [0.5, 0.6) is 0 Å². The van der Waals surface area contributed by atoms with Gasteiger partial charge >= 0.3 is 0 Å². The predicted octanol–water partition coefficient (Wildman–Crippen LogP) is 7.02. The van der Waals surface area contributed by atoms with Crippen molar-refractivity contribution in [1.82, 2.24) is 10.2 Å². The van der Waals surface area contributed by atoms with E-state index in [2.05, 4.69) is 5.32 Å². The van der Waals surface area contributed by atoms with Crippen LogP contribution in [0.4, 0.5) is 5.69 Å². The maximum atomic E-state index is 14.6. The number of nitrogens with zero attached hydrogens (tertiary/aromatic N) is 2. The van der Waals surface area contributed by atoms with E-state index in [4.69, 9.17) is 11.6 Å². The van der Waals surface area contributed by atoms with Crippen LogP contribution in [0.3, 0.4) is 0 Å². The van der Waals surface area contributed by atoms with Crippen molar-refractivity contribution in [2.24, 2.45) is 0 Å². The molecule has 4 aromatic rings. The normalized spacial score (nSPS) is 11.9. The molecule has 1 unspecified atom stereocenters. The van der Waals surface area contributed by atoms with Gasteiger partial charge in [0.05, 0.1) is 10.6 Å². The van der Waals surface area contributed by atoms with Crippen molar-refractivity contribution in [3.8, 4) is 0 Å². The van der Waals surface area contributed by atoms with Crippen LogP contribution in [0.25, 0.3) is 0 Å². The fourth-order valence-corrected chi connectivity index (χ4v) is 6.76. The Morgan fingerprint density at radius 3 is 2.17 bits per heavy atom. The molecular weight excluding hydrogens is 618 g/mol. The maximum Gasteiger partial charge on any atom is 0.264 e. The molecule has 0 aliphatic rings. The van der Waals surface area contributed by atoms with Crippen molar-refractivity contribution >= 4 is 39.1 Å². The Labute approximate surface area is 278 Å². The molecule has 0 saturated carbocycles. The van der Waals surface area contributed by atoms with E-state index in [-0.39, 0.29) is 23.8 Å². The number of carbonyl (C=O) groups is 2. The summed E-state index contributed by atoms with van der Waals surface area (Å²) < 4.78 is 29.6. The average molecular weight is 660 g/mol. The molecule has 9 heteroatoms. The molecule has 4 aromatic carbocycles. The van der Waals surface area contributed by atoms with Gasteiger partial charge in [0.25, 0.3) is 10.0 Å². The summed E-state index contributed by atoms with van der Waals surface area (Å²) in [4.78, 5) is 30.0. The molecule has 0 heterocycles. The number of benzene rings is 4. The number of hydrogen-bond acceptors (Lipinski definition) is 4. The maximum absolute atomic E-state index is 14.6. The highest BCUT2D eigenvalue weighted by Gasteiger charge is 2.34. The number of rotatable bonds is 14. The van der Waals surface area contributed by atoms with E-state index in [0.717, 1.165) is 45.0 Å². The summed E-state index contributed by atoms with van der Waals surface area (Å²) in [6, 6.07) is 27.6. The van der Waals surface area contributed by atoms with Crippen LogP contribution in [-0.4, -0.2) is 44.3 Å². The smallest absolute Gasteiger partial charge is 0.264 e. The van der Waals surface area contributed by atoms with Crippen LogP contribution in [0.2, 0.25) is 5.02 Å². The molecule has 7 nitrogen and oxygen atoms in total. The number of unbranched alkanes of at least 4 members (excludes halogenated alkanes) is 1. The number of carbonyl (C=O) groups excluding carboxylic acids is 2. The Morgan fingerprint density at radius 2 is 1.52 bits per heavy atom. The lowest BCUT2D eigenvalue weighted by molar-refractivity contribution is -0.140. The Morgan fingerprint density at radius 1 is 0.826 bits per heavy atom. The molecule has 2 amide bonds. The van der Waals surface area contributed by atoms with Crippen molar-refractivity contribution in [3.05, 3.63) is 130 Å². The lowest BCUT2D eigenvalue weighted by Gasteiger charge is -2.34. The quantitative estimate of drug-likeness (QED) is 0.148. The first kappa shape index (κ1) is 34.7. The molecule has 1 N–H and O–H groups in total. The minimum absolute atomic E-state index is 0.0590. The Bertz CT molecular complexity index is 1740. The van der Waals surface area contributed by atoms with Gasteiger partial charge < -0.3 is 10.2 Å². The van der Waals surface area contributed by atoms with Crippen molar-refractivity contribution in [2.75, 3.05) is 17.4 Å². The lowest BCUT2D eigenvalue weighted by atomic mass is 10.0. The molecule has 0 spiro atoms. The minimum atomic E-state index is -4.17. The summed E-state index contributed by atoms with van der Waals surface area (Å²) in [5.41, 5.74) is 4.77. The molecule has 0 saturated heterocycles. The molecule has 1 atom stereocenters. The van der Waals surface area contributed by atoms with Gasteiger partial charge in [-0.15, -0.1) is 0 Å². The summed E-state index contributed by atoms with van der Waals surface area (Å²) in [5, 5.41) is 3.50. The van der Waals surface area contributed by atoms with Gasteiger partial charge in [0, 0.05) is 24.5 Å². The van der Waals surface area contributed by atoms with Crippen LogP contribution in [0.15, 0.2) is 102 Å². The standard InChI is InChI=1S/C37H42ClN3O4S/c1-5-6-21-39-37(43)35(24-30-11-8-7-9-12-30)40(25-31-13-10-14-32(38)23-31)36(42)26-41(33-18-17-28(3)29(4)22-33)46(44,45)34-19-15-27(2)16-20-34/h7-20,22-23,35H,5-6,21,24-26H2,1-4H3,(H,39,43). The fourth-order valence-electron chi connectivity index (χ4n) is 5.14. The molecule has 242 valence electrons. The first-order valence-electron chi connectivity index (χ1n) is 15.5. The van der Waals surface area contributed by atoms with Crippen LogP contribution in [0.1, 0.15) is 47.6 Å². The highest BCUT2D eigenvalue weighted by Crippen LogP contribution is 2.27. The molecule has 46 heavy (non-hydrogen) atoms. The third-order valence-corrected chi connectivity index (χ3v) is 10.0. The van der Waals surface area contributed by atoms with Gasteiger partial charge in [0.15, 0.2) is 0 Å². The van der Waals surface area contributed by atoms with Crippen molar-refractivity contribution < 1.29 is 18.0 Å². The van der Waals surface area contributed by atoms with Gasteiger partial charge in [-0.25, -0.2) is 8.42 Å². The molecule has 0 bridgehead atoms. The van der Waals surface area contributed by atoms with Gasteiger partial charge in [0.2, 0.25) is 11.8 Å². The summed E-state index contributed by atoms with van der Waals surface area (Å²) in [7, 11) is -4.17. The van der Waals surface area contributed by atoms with Crippen LogP contribution < -0.4 is 9.62 Å². The molecule has 0 radical (unpaired) electrons. The SMILES string of the molecule is CCCCNC(=O)C(Cc1ccccc1)N(Cc1cccc(Cl)c1)C(=O)CN(c1ccc(C)c(C)c1)S(=O)(=O)c1ccc(C)cc1. The van der Waals surface area contributed by atoms with Gasteiger partial charge in [-0.3, -0.25) is 13.9 Å². The Balaban J connectivity index is 1.81. The highest BCUT2D eigenvalue weighted by atomic mass is 35.5. The van der Waals surface area contributed by atoms with Crippen LogP contribution in [-0.2, 0) is 32.6 Å². The fraction of sp³-hybridized carbons (Fsp3) is 0.297. The number of hydrogen-bond donors (Lipinski definition) is 1. The summed E-state index contributed by atoms with van der Waals surface area (Å²) in [6.45, 7) is 7.79. The molecule has 0 fully saturated rings. The molecule has 0 aromatic heterocycles. The zero-order valence-electron chi connectivity index (χ0n) is 26.9. The molecule has 4 rings (SSSR count). The van der Waals surface area contributed by atoms with E-state index in [0.29, 0.717) is 17.3 Å². The number of anilines is 1. The van der Waals surface area contributed by atoms with E-state index in [1.54, 1.807) is 54.6 Å². The lowest BCUT2D eigenvalue weighted by Crippen LogP contribution is -2.53.